The van der Waals surface area contributed by atoms with Crippen LogP contribution in [-0.4, -0.2) is 22.5 Å². The van der Waals surface area contributed by atoms with Crippen molar-refractivity contribution in [1.82, 2.24) is 10.2 Å². The summed E-state index contributed by atoms with van der Waals surface area (Å²) in [7, 11) is 0. The van der Waals surface area contributed by atoms with Crippen LogP contribution in [0.5, 0.6) is 0 Å². The van der Waals surface area contributed by atoms with E-state index in [1.807, 2.05) is 0 Å². The molecule has 0 aliphatic rings. The van der Waals surface area contributed by atoms with Crippen molar-refractivity contribution in [2.75, 3.05) is 17.6 Å². The fraction of sp³-hybridized carbons (Fsp3) is 0.385. The summed E-state index contributed by atoms with van der Waals surface area (Å²) in [6.45, 7) is 6.60. The first-order chi connectivity index (χ1) is 8.49. The number of carbonyl (C=O) groups is 1. The van der Waals surface area contributed by atoms with E-state index in [2.05, 4.69) is 29.4 Å². The molecule has 2 aromatic rings. The number of carbonyl (C=O) groups excluding carboxylic acids is 1. The molecule has 1 aromatic heterocycles. The molecule has 0 fully saturated rings. The Hall–Kier alpha value is -2.04. The summed E-state index contributed by atoms with van der Waals surface area (Å²) >= 11 is 0. The number of anilines is 2. The number of fused-ring (bicyclic) bond motifs is 1. The molecule has 0 spiro atoms. The molecule has 0 atom stereocenters. The van der Waals surface area contributed by atoms with Gasteiger partial charge in [0.1, 0.15) is 0 Å². The topological polar surface area (TPSA) is 83.8 Å². The van der Waals surface area contributed by atoms with Crippen LogP contribution >= 0.6 is 0 Å². The normalized spacial score (nSPS) is 11.1. The van der Waals surface area contributed by atoms with Crippen molar-refractivity contribution in [3.63, 3.8) is 0 Å². The Kier molecular flexibility index (Phi) is 3.23. The summed E-state index contributed by atoms with van der Waals surface area (Å²) < 4.78 is 0. The first kappa shape index (κ1) is 12.4. The molecule has 2 rings (SSSR count). The highest BCUT2D eigenvalue weighted by molar-refractivity contribution is 6.05. The third kappa shape index (κ3) is 2.30. The van der Waals surface area contributed by atoms with Gasteiger partial charge in [-0.1, -0.05) is 13.8 Å². The number of nitrogens with zero attached hydrogens (tertiary/aromatic N) is 1. The Labute approximate surface area is 106 Å². The number of Topliss-reactive ketones (excluding diaryl/α,β-unsaturated/α-hetero) is 1. The smallest absolute Gasteiger partial charge is 0.161 e. The molecule has 1 aromatic carbocycles. The Bertz CT molecular complexity index is 586. The summed E-state index contributed by atoms with van der Waals surface area (Å²) in [5.74, 6) is 1.25. The van der Waals surface area contributed by atoms with E-state index in [1.54, 1.807) is 12.1 Å². The van der Waals surface area contributed by atoms with Crippen molar-refractivity contribution in [2.45, 2.75) is 20.8 Å². The predicted molar refractivity (Wildman–Crippen MR) is 73.8 cm³/mol. The van der Waals surface area contributed by atoms with E-state index in [9.17, 15) is 4.79 Å². The van der Waals surface area contributed by atoms with Crippen molar-refractivity contribution >= 4 is 28.2 Å². The zero-order chi connectivity index (χ0) is 13.3. The molecule has 0 aliphatic carbocycles. The second-order valence-electron chi connectivity index (χ2n) is 4.89. The van der Waals surface area contributed by atoms with Gasteiger partial charge in [-0.05, 0) is 25.0 Å². The van der Waals surface area contributed by atoms with Crippen LogP contribution in [-0.2, 0) is 0 Å². The minimum atomic E-state index is -0.0367. The lowest BCUT2D eigenvalue weighted by Crippen LogP contribution is -2.08. The van der Waals surface area contributed by atoms with Crippen LogP contribution in [0.1, 0.15) is 31.1 Å². The lowest BCUT2D eigenvalue weighted by molar-refractivity contribution is 0.101. The Balaban J connectivity index is 2.44. The summed E-state index contributed by atoms with van der Waals surface area (Å²) in [6.07, 6.45) is 0. The maximum Gasteiger partial charge on any atom is 0.161 e. The molecular formula is C13H18N4O. The molecule has 5 nitrogen and oxygen atoms in total. The van der Waals surface area contributed by atoms with Crippen molar-refractivity contribution in [3.8, 4) is 0 Å². The van der Waals surface area contributed by atoms with E-state index in [0.29, 0.717) is 17.2 Å². The Morgan fingerprint density at radius 1 is 1.50 bits per heavy atom. The van der Waals surface area contributed by atoms with Crippen molar-refractivity contribution < 1.29 is 4.79 Å². The van der Waals surface area contributed by atoms with Gasteiger partial charge in [-0.3, -0.25) is 9.89 Å². The second kappa shape index (κ2) is 4.68. The molecule has 5 heteroatoms. The number of hydrogen-bond acceptors (Lipinski definition) is 4. The van der Waals surface area contributed by atoms with E-state index < -0.39 is 0 Å². The molecule has 0 amide bonds. The van der Waals surface area contributed by atoms with Crippen LogP contribution in [0.2, 0.25) is 0 Å². The van der Waals surface area contributed by atoms with Crippen molar-refractivity contribution in [1.29, 1.82) is 0 Å². The number of nitrogens with one attached hydrogen (secondary N) is 2. The maximum atomic E-state index is 11.5. The van der Waals surface area contributed by atoms with Gasteiger partial charge in [0.15, 0.2) is 11.6 Å². The minimum Gasteiger partial charge on any atom is -0.398 e. The highest BCUT2D eigenvalue weighted by Gasteiger charge is 2.11. The molecule has 1 heterocycles. The number of aromatic amines is 1. The van der Waals surface area contributed by atoms with E-state index in [4.69, 9.17) is 5.73 Å². The maximum absolute atomic E-state index is 11.5. The number of aromatic nitrogens is 2. The summed E-state index contributed by atoms with van der Waals surface area (Å²) in [5, 5.41) is 11.3. The van der Waals surface area contributed by atoms with Crippen LogP contribution < -0.4 is 11.1 Å². The molecule has 0 bridgehead atoms. The highest BCUT2D eigenvalue weighted by Crippen LogP contribution is 2.26. The lowest BCUT2D eigenvalue weighted by atomic mass is 10.1. The number of H-pyrrole nitrogens is 1. The van der Waals surface area contributed by atoms with E-state index >= 15 is 0 Å². The number of rotatable bonds is 4. The fourth-order valence-corrected chi connectivity index (χ4v) is 1.82. The minimum absolute atomic E-state index is 0.0367. The van der Waals surface area contributed by atoms with E-state index in [1.165, 1.54) is 6.92 Å². The first-order valence-electron chi connectivity index (χ1n) is 6.01. The number of benzene rings is 1. The molecule has 0 saturated heterocycles. The number of nitrogen functional groups attached to an aromatic ring is 1. The van der Waals surface area contributed by atoms with Gasteiger partial charge in [-0.15, -0.1) is 0 Å². The third-order valence-electron chi connectivity index (χ3n) is 2.79. The SMILES string of the molecule is CC(=O)c1cc2c(NCC(C)C)n[nH]c2cc1N. The van der Waals surface area contributed by atoms with Crippen LogP contribution in [0, 0.1) is 5.92 Å². The summed E-state index contributed by atoms with van der Waals surface area (Å²) in [4.78, 5) is 11.5. The highest BCUT2D eigenvalue weighted by atomic mass is 16.1. The van der Waals surface area contributed by atoms with Crippen LogP contribution in [0.15, 0.2) is 12.1 Å². The summed E-state index contributed by atoms with van der Waals surface area (Å²) in [5.41, 5.74) is 7.69. The Morgan fingerprint density at radius 3 is 2.83 bits per heavy atom. The second-order valence-corrected chi connectivity index (χ2v) is 4.89. The van der Waals surface area contributed by atoms with Gasteiger partial charge in [-0.25, -0.2) is 0 Å². The zero-order valence-electron chi connectivity index (χ0n) is 10.9. The van der Waals surface area contributed by atoms with Crippen LogP contribution in [0.25, 0.3) is 10.9 Å². The molecule has 0 aliphatic heterocycles. The van der Waals surface area contributed by atoms with Gasteiger partial charge in [0.05, 0.1) is 5.52 Å². The van der Waals surface area contributed by atoms with E-state index in [-0.39, 0.29) is 5.78 Å². The standard InChI is InChI=1S/C13H18N4O/c1-7(2)6-15-13-10-4-9(8(3)18)11(14)5-12(10)16-17-13/h4-5,7H,6,14H2,1-3H3,(H2,15,16,17). The van der Waals surface area contributed by atoms with Gasteiger partial charge >= 0.3 is 0 Å². The van der Waals surface area contributed by atoms with E-state index in [0.717, 1.165) is 23.3 Å². The van der Waals surface area contributed by atoms with Crippen molar-refractivity contribution in [2.24, 2.45) is 5.92 Å². The molecule has 18 heavy (non-hydrogen) atoms. The number of nitrogens with two attached hydrogens (primary N) is 1. The molecule has 0 unspecified atom stereocenters. The average molecular weight is 246 g/mol. The molecule has 4 N–H and O–H groups in total. The predicted octanol–water partition coefficient (Wildman–Crippen LogP) is 2.42. The molecular weight excluding hydrogens is 228 g/mol. The average Bonchev–Trinajstić information content (AvgIpc) is 2.67. The molecule has 0 saturated carbocycles. The molecule has 96 valence electrons. The largest absolute Gasteiger partial charge is 0.398 e. The quantitative estimate of drug-likeness (QED) is 0.571. The van der Waals surface area contributed by atoms with Crippen LogP contribution in [0.3, 0.4) is 0 Å². The van der Waals surface area contributed by atoms with Gasteiger partial charge in [0, 0.05) is 23.2 Å². The monoisotopic (exact) mass is 246 g/mol. The fourth-order valence-electron chi connectivity index (χ4n) is 1.82. The first-order valence-corrected chi connectivity index (χ1v) is 6.01. The zero-order valence-corrected chi connectivity index (χ0v) is 10.9. The summed E-state index contributed by atoms with van der Waals surface area (Å²) in [6, 6.07) is 3.54. The molecule has 0 radical (unpaired) electrons. The van der Waals surface area contributed by atoms with Gasteiger partial charge in [0.25, 0.3) is 0 Å². The van der Waals surface area contributed by atoms with Crippen molar-refractivity contribution in [3.05, 3.63) is 17.7 Å². The third-order valence-corrected chi connectivity index (χ3v) is 2.79. The lowest BCUT2D eigenvalue weighted by Gasteiger charge is -2.07. The van der Waals surface area contributed by atoms with Gasteiger partial charge < -0.3 is 11.1 Å². The number of ketones is 1. The van der Waals surface area contributed by atoms with Gasteiger partial charge in [-0.2, -0.15) is 5.10 Å². The number of hydrogen-bond donors (Lipinski definition) is 3. The Morgan fingerprint density at radius 2 is 2.22 bits per heavy atom. The van der Waals surface area contributed by atoms with Gasteiger partial charge in [0.2, 0.25) is 0 Å². The van der Waals surface area contributed by atoms with Crippen LogP contribution in [0.4, 0.5) is 11.5 Å².